The Hall–Kier alpha value is -0.980. The van der Waals surface area contributed by atoms with E-state index in [1.807, 2.05) is 20.8 Å². The summed E-state index contributed by atoms with van der Waals surface area (Å²) < 4.78 is 41.3. The summed E-state index contributed by atoms with van der Waals surface area (Å²) in [4.78, 5) is -0.265. The van der Waals surface area contributed by atoms with Gasteiger partial charge in [-0.3, -0.25) is 0 Å². The van der Waals surface area contributed by atoms with E-state index in [0.717, 1.165) is 24.8 Å². The smallest absolute Gasteiger partial charge is 0.243 e. The fraction of sp³-hybridized carbons (Fsp3) is 0.600. The van der Waals surface area contributed by atoms with E-state index < -0.39 is 21.4 Å². The average molecular weight is 314 g/mol. The van der Waals surface area contributed by atoms with E-state index in [1.165, 1.54) is 12.1 Å². The lowest BCUT2D eigenvalue weighted by atomic mass is 9.80. The number of rotatable bonds is 6. The van der Waals surface area contributed by atoms with Crippen LogP contribution in [0, 0.1) is 5.82 Å². The zero-order valence-electron chi connectivity index (χ0n) is 12.7. The lowest BCUT2D eigenvalue weighted by Crippen LogP contribution is -2.50. The summed E-state index contributed by atoms with van der Waals surface area (Å²) in [5.74, 6) is -0.710. The zero-order chi connectivity index (χ0) is 15.7. The van der Waals surface area contributed by atoms with Gasteiger partial charge >= 0.3 is 0 Å². The first kappa shape index (κ1) is 16.4. The SMILES string of the molecule is CC(C)NCc1ccc(F)c(S(=O)(=O)NC2(C)CCC2)c1. The molecule has 0 aliphatic heterocycles. The average Bonchev–Trinajstić information content (AvgIpc) is 2.35. The van der Waals surface area contributed by atoms with E-state index in [2.05, 4.69) is 10.0 Å². The largest absolute Gasteiger partial charge is 0.310 e. The summed E-state index contributed by atoms with van der Waals surface area (Å²) >= 11 is 0. The van der Waals surface area contributed by atoms with Gasteiger partial charge in [0.2, 0.25) is 10.0 Å². The van der Waals surface area contributed by atoms with Crippen LogP contribution in [-0.4, -0.2) is 20.0 Å². The minimum absolute atomic E-state index is 0.265. The number of sulfonamides is 1. The Morgan fingerprint density at radius 1 is 1.33 bits per heavy atom. The molecule has 2 rings (SSSR count). The second kappa shape index (κ2) is 6.02. The molecule has 0 unspecified atom stereocenters. The van der Waals surface area contributed by atoms with Crippen molar-refractivity contribution in [3.05, 3.63) is 29.6 Å². The third kappa shape index (κ3) is 4.02. The molecular weight excluding hydrogens is 291 g/mol. The van der Waals surface area contributed by atoms with Crippen LogP contribution in [0.25, 0.3) is 0 Å². The van der Waals surface area contributed by atoms with Crippen molar-refractivity contribution in [3.63, 3.8) is 0 Å². The minimum atomic E-state index is -3.82. The van der Waals surface area contributed by atoms with Crippen molar-refractivity contribution in [3.8, 4) is 0 Å². The van der Waals surface area contributed by atoms with Crippen molar-refractivity contribution < 1.29 is 12.8 Å². The highest BCUT2D eigenvalue weighted by molar-refractivity contribution is 7.89. The number of nitrogens with one attached hydrogen (secondary N) is 2. The predicted molar refractivity (Wildman–Crippen MR) is 81.0 cm³/mol. The van der Waals surface area contributed by atoms with E-state index >= 15 is 0 Å². The Labute approximate surface area is 126 Å². The van der Waals surface area contributed by atoms with E-state index in [4.69, 9.17) is 0 Å². The predicted octanol–water partition coefficient (Wildman–Crippen LogP) is 2.54. The van der Waals surface area contributed by atoms with Crippen LogP contribution in [0.1, 0.15) is 45.6 Å². The van der Waals surface area contributed by atoms with Gasteiger partial charge in [0.05, 0.1) is 0 Å². The molecule has 0 amide bonds. The molecule has 1 aromatic carbocycles. The monoisotopic (exact) mass is 314 g/mol. The van der Waals surface area contributed by atoms with Crippen molar-refractivity contribution in [2.75, 3.05) is 0 Å². The highest BCUT2D eigenvalue weighted by Crippen LogP contribution is 2.33. The second-order valence-corrected chi connectivity index (χ2v) is 7.97. The molecule has 6 heteroatoms. The standard InChI is InChI=1S/C15H23FN2O2S/c1-11(2)17-10-12-5-6-13(16)14(9-12)21(19,20)18-15(3)7-4-8-15/h5-6,9,11,17-18H,4,7-8,10H2,1-3H3. The van der Waals surface area contributed by atoms with Gasteiger partial charge in [0.15, 0.2) is 0 Å². The van der Waals surface area contributed by atoms with Crippen molar-refractivity contribution in [1.29, 1.82) is 0 Å². The first-order valence-electron chi connectivity index (χ1n) is 7.28. The Balaban J connectivity index is 2.22. The van der Waals surface area contributed by atoms with Crippen LogP contribution in [0.15, 0.2) is 23.1 Å². The number of halogens is 1. The molecule has 0 radical (unpaired) electrons. The summed E-state index contributed by atoms with van der Waals surface area (Å²) in [6, 6.07) is 4.51. The minimum Gasteiger partial charge on any atom is -0.310 e. The molecule has 21 heavy (non-hydrogen) atoms. The molecule has 0 saturated heterocycles. The summed E-state index contributed by atoms with van der Waals surface area (Å²) in [6.45, 7) is 6.37. The van der Waals surface area contributed by atoms with Crippen LogP contribution >= 0.6 is 0 Å². The molecule has 0 bridgehead atoms. The van der Waals surface area contributed by atoms with E-state index in [9.17, 15) is 12.8 Å². The Morgan fingerprint density at radius 2 is 2.00 bits per heavy atom. The molecule has 118 valence electrons. The van der Waals surface area contributed by atoms with Gasteiger partial charge in [-0.05, 0) is 43.9 Å². The van der Waals surface area contributed by atoms with E-state index in [0.29, 0.717) is 6.54 Å². The van der Waals surface area contributed by atoms with Gasteiger partial charge < -0.3 is 5.32 Å². The number of hydrogen-bond donors (Lipinski definition) is 2. The van der Waals surface area contributed by atoms with Crippen molar-refractivity contribution in [1.82, 2.24) is 10.0 Å². The van der Waals surface area contributed by atoms with Gasteiger partial charge in [-0.15, -0.1) is 0 Å². The van der Waals surface area contributed by atoms with Crippen LogP contribution in [0.5, 0.6) is 0 Å². The van der Waals surface area contributed by atoms with Crippen LogP contribution in [0.3, 0.4) is 0 Å². The molecule has 0 aromatic heterocycles. The summed E-state index contributed by atoms with van der Waals surface area (Å²) in [5.41, 5.74) is 0.321. The normalized spacial score (nSPS) is 17.8. The van der Waals surface area contributed by atoms with Gasteiger partial charge in [0.25, 0.3) is 0 Å². The molecule has 4 nitrogen and oxygen atoms in total. The molecular formula is C15H23FN2O2S. The van der Waals surface area contributed by atoms with Gasteiger partial charge in [0, 0.05) is 18.1 Å². The van der Waals surface area contributed by atoms with Gasteiger partial charge in [-0.2, -0.15) is 0 Å². The highest BCUT2D eigenvalue weighted by Gasteiger charge is 2.37. The maximum absolute atomic E-state index is 13.9. The second-order valence-electron chi connectivity index (χ2n) is 6.32. The first-order chi connectivity index (χ1) is 9.72. The lowest BCUT2D eigenvalue weighted by Gasteiger charge is -2.38. The van der Waals surface area contributed by atoms with Crippen molar-refractivity contribution in [2.24, 2.45) is 0 Å². The number of hydrogen-bond acceptors (Lipinski definition) is 3. The Kier molecular flexibility index (Phi) is 4.70. The lowest BCUT2D eigenvalue weighted by molar-refractivity contribution is 0.247. The maximum Gasteiger partial charge on any atom is 0.243 e. The Morgan fingerprint density at radius 3 is 2.52 bits per heavy atom. The van der Waals surface area contributed by atoms with Crippen LogP contribution < -0.4 is 10.0 Å². The van der Waals surface area contributed by atoms with Crippen molar-refractivity contribution >= 4 is 10.0 Å². The highest BCUT2D eigenvalue weighted by atomic mass is 32.2. The van der Waals surface area contributed by atoms with Gasteiger partial charge in [-0.1, -0.05) is 19.9 Å². The quantitative estimate of drug-likeness (QED) is 0.848. The summed E-state index contributed by atoms with van der Waals surface area (Å²) in [6.07, 6.45) is 2.59. The molecule has 0 spiro atoms. The maximum atomic E-state index is 13.9. The van der Waals surface area contributed by atoms with E-state index in [-0.39, 0.29) is 10.9 Å². The molecule has 1 aromatic rings. The van der Waals surface area contributed by atoms with Gasteiger partial charge in [0.1, 0.15) is 10.7 Å². The third-order valence-corrected chi connectivity index (χ3v) is 5.49. The molecule has 1 saturated carbocycles. The third-order valence-electron chi connectivity index (χ3n) is 3.84. The fourth-order valence-corrected chi connectivity index (χ4v) is 3.97. The van der Waals surface area contributed by atoms with Crippen LogP contribution in [0.2, 0.25) is 0 Å². The molecule has 1 aliphatic carbocycles. The summed E-state index contributed by atoms with van der Waals surface area (Å²) in [5, 5.41) is 3.19. The Bertz CT molecular complexity index is 610. The van der Waals surface area contributed by atoms with Crippen LogP contribution in [0.4, 0.5) is 4.39 Å². The molecule has 1 fully saturated rings. The van der Waals surface area contributed by atoms with Crippen molar-refractivity contribution in [2.45, 2.75) is 63.1 Å². The fourth-order valence-electron chi connectivity index (χ4n) is 2.37. The van der Waals surface area contributed by atoms with Gasteiger partial charge in [-0.25, -0.2) is 17.5 Å². The topological polar surface area (TPSA) is 58.2 Å². The summed E-state index contributed by atoms with van der Waals surface area (Å²) in [7, 11) is -3.82. The molecule has 0 heterocycles. The molecule has 0 atom stereocenters. The van der Waals surface area contributed by atoms with E-state index in [1.54, 1.807) is 6.07 Å². The zero-order valence-corrected chi connectivity index (χ0v) is 13.6. The molecule has 1 aliphatic rings. The number of benzene rings is 1. The first-order valence-corrected chi connectivity index (χ1v) is 8.76. The molecule has 2 N–H and O–H groups in total. The van der Waals surface area contributed by atoms with Crippen LogP contribution in [-0.2, 0) is 16.6 Å².